The van der Waals surface area contributed by atoms with Crippen molar-refractivity contribution in [1.82, 2.24) is 9.97 Å². The number of nitrogens with zero attached hydrogens (tertiary/aromatic N) is 2. The molecule has 1 amide bonds. The third-order valence-corrected chi connectivity index (χ3v) is 6.35. The maximum Gasteiger partial charge on any atom is 0.276 e. The smallest absolute Gasteiger partial charge is 0.276 e. The Morgan fingerprint density at radius 1 is 1.08 bits per heavy atom. The van der Waals surface area contributed by atoms with Gasteiger partial charge in [0.05, 0.1) is 5.69 Å². The van der Waals surface area contributed by atoms with Crippen LogP contribution >= 0.6 is 45.6 Å². The second-order valence-electron chi connectivity index (χ2n) is 5.43. The van der Waals surface area contributed by atoms with Gasteiger partial charge in [-0.1, -0.05) is 23.7 Å². The summed E-state index contributed by atoms with van der Waals surface area (Å²) in [5.74, 6) is -0.251. The molecule has 0 aliphatic heterocycles. The minimum atomic E-state index is -0.251. The quantitative estimate of drug-likeness (QED) is 0.429. The van der Waals surface area contributed by atoms with E-state index in [-0.39, 0.29) is 5.91 Å². The zero-order valence-electron chi connectivity index (χ0n) is 13.5. The van der Waals surface area contributed by atoms with Gasteiger partial charge in [-0.2, -0.15) is 11.3 Å². The molecule has 26 heavy (non-hydrogen) atoms. The van der Waals surface area contributed by atoms with E-state index >= 15 is 0 Å². The Kier molecular flexibility index (Phi) is 4.86. The SMILES string of the molecule is Cc1sc(NC(=O)c2csc(-c3ccsc3)n2)nc1-c1ccc(Cl)cc1. The molecule has 8 heteroatoms. The number of hydrogen-bond acceptors (Lipinski definition) is 6. The van der Waals surface area contributed by atoms with E-state index in [0.29, 0.717) is 15.8 Å². The van der Waals surface area contributed by atoms with Crippen LogP contribution in [-0.2, 0) is 0 Å². The predicted molar refractivity (Wildman–Crippen MR) is 111 cm³/mol. The lowest BCUT2D eigenvalue weighted by Crippen LogP contribution is -2.12. The summed E-state index contributed by atoms with van der Waals surface area (Å²) in [7, 11) is 0. The molecule has 0 aliphatic carbocycles. The van der Waals surface area contributed by atoms with Gasteiger partial charge in [0.1, 0.15) is 10.7 Å². The van der Waals surface area contributed by atoms with Crippen LogP contribution in [0, 0.1) is 6.92 Å². The minimum absolute atomic E-state index is 0.251. The lowest BCUT2D eigenvalue weighted by atomic mass is 10.1. The maximum absolute atomic E-state index is 12.5. The summed E-state index contributed by atoms with van der Waals surface area (Å²) in [5.41, 5.74) is 3.25. The summed E-state index contributed by atoms with van der Waals surface area (Å²) < 4.78 is 0. The number of benzene rings is 1. The molecular formula is C18H12ClN3OS3. The van der Waals surface area contributed by atoms with Crippen molar-refractivity contribution in [3.05, 3.63) is 62.1 Å². The summed E-state index contributed by atoms with van der Waals surface area (Å²) in [6.45, 7) is 1.98. The van der Waals surface area contributed by atoms with E-state index in [0.717, 1.165) is 26.7 Å². The number of halogens is 1. The van der Waals surface area contributed by atoms with Crippen LogP contribution in [0.25, 0.3) is 21.8 Å². The molecule has 0 saturated heterocycles. The molecule has 0 saturated carbocycles. The number of aromatic nitrogens is 2. The number of carbonyl (C=O) groups excluding carboxylic acids is 1. The van der Waals surface area contributed by atoms with E-state index in [1.165, 1.54) is 22.7 Å². The normalized spacial score (nSPS) is 10.8. The molecule has 1 aromatic carbocycles. The average molecular weight is 418 g/mol. The van der Waals surface area contributed by atoms with Crippen molar-refractivity contribution in [2.24, 2.45) is 0 Å². The molecule has 0 radical (unpaired) electrons. The number of amides is 1. The van der Waals surface area contributed by atoms with Crippen molar-refractivity contribution in [2.75, 3.05) is 5.32 Å². The van der Waals surface area contributed by atoms with Crippen molar-refractivity contribution in [2.45, 2.75) is 6.92 Å². The summed E-state index contributed by atoms with van der Waals surface area (Å²) in [5, 5.41) is 10.7. The molecule has 0 atom stereocenters. The molecule has 3 heterocycles. The summed E-state index contributed by atoms with van der Waals surface area (Å²) in [6.07, 6.45) is 0. The fraction of sp³-hybridized carbons (Fsp3) is 0.0556. The van der Waals surface area contributed by atoms with Crippen LogP contribution in [0.5, 0.6) is 0 Å². The first-order valence-corrected chi connectivity index (χ1v) is 10.6. The van der Waals surface area contributed by atoms with Crippen LogP contribution in [0.2, 0.25) is 5.02 Å². The van der Waals surface area contributed by atoms with Gasteiger partial charge in [0.25, 0.3) is 5.91 Å². The second kappa shape index (κ2) is 7.28. The lowest BCUT2D eigenvalue weighted by Gasteiger charge is -1.99. The van der Waals surface area contributed by atoms with Crippen LogP contribution in [0.1, 0.15) is 15.4 Å². The molecular weight excluding hydrogens is 406 g/mol. The molecule has 0 spiro atoms. The topological polar surface area (TPSA) is 54.9 Å². The van der Waals surface area contributed by atoms with Gasteiger partial charge < -0.3 is 0 Å². The van der Waals surface area contributed by atoms with Gasteiger partial charge in [0, 0.05) is 31.8 Å². The fourth-order valence-electron chi connectivity index (χ4n) is 2.38. The second-order valence-corrected chi connectivity index (χ2v) is 8.71. The molecule has 0 fully saturated rings. The predicted octanol–water partition coefficient (Wildman–Crippen LogP) is 6.21. The zero-order valence-corrected chi connectivity index (χ0v) is 16.7. The fourth-order valence-corrected chi connectivity index (χ4v) is 4.85. The first kappa shape index (κ1) is 17.4. The first-order valence-electron chi connectivity index (χ1n) is 7.63. The van der Waals surface area contributed by atoms with Gasteiger partial charge in [-0.15, -0.1) is 22.7 Å². The van der Waals surface area contributed by atoms with Crippen molar-refractivity contribution >= 4 is 56.7 Å². The Hall–Kier alpha value is -2.06. The highest BCUT2D eigenvalue weighted by Gasteiger charge is 2.16. The third kappa shape index (κ3) is 3.57. The first-order chi connectivity index (χ1) is 12.6. The molecule has 4 nitrogen and oxygen atoms in total. The highest BCUT2D eigenvalue weighted by molar-refractivity contribution is 7.16. The average Bonchev–Trinajstić information content (AvgIpc) is 3.35. The maximum atomic E-state index is 12.5. The van der Waals surface area contributed by atoms with Crippen molar-refractivity contribution < 1.29 is 4.79 Å². The van der Waals surface area contributed by atoms with E-state index in [1.807, 2.05) is 48.0 Å². The zero-order chi connectivity index (χ0) is 18.1. The molecule has 0 bridgehead atoms. The van der Waals surface area contributed by atoms with Crippen LogP contribution in [0.15, 0.2) is 46.5 Å². The number of nitrogens with one attached hydrogen (secondary N) is 1. The standard InChI is InChI=1S/C18H12ClN3OS3/c1-10-15(11-2-4-13(19)5-3-11)21-18(26-10)22-16(23)14-9-25-17(20-14)12-6-7-24-8-12/h2-9H,1H3,(H,21,22,23). The van der Waals surface area contributed by atoms with E-state index in [4.69, 9.17) is 11.6 Å². The number of hydrogen-bond donors (Lipinski definition) is 1. The largest absolute Gasteiger partial charge is 0.296 e. The van der Waals surface area contributed by atoms with Gasteiger partial charge in [-0.05, 0) is 30.5 Å². The van der Waals surface area contributed by atoms with Gasteiger partial charge in [-0.25, -0.2) is 9.97 Å². The van der Waals surface area contributed by atoms with Crippen LogP contribution in [0.4, 0.5) is 5.13 Å². The van der Waals surface area contributed by atoms with Crippen LogP contribution in [0.3, 0.4) is 0 Å². The van der Waals surface area contributed by atoms with E-state index < -0.39 is 0 Å². The molecule has 4 rings (SSSR count). The number of carbonyl (C=O) groups is 1. The number of thiazole rings is 2. The van der Waals surface area contributed by atoms with E-state index in [1.54, 1.807) is 16.7 Å². The number of anilines is 1. The summed E-state index contributed by atoms with van der Waals surface area (Å²) in [6, 6.07) is 9.49. The number of rotatable bonds is 4. The van der Waals surface area contributed by atoms with Crippen molar-refractivity contribution in [3.63, 3.8) is 0 Å². The molecule has 4 aromatic rings. The van der Waals surface area contributed by atoms with Gasteiger partial charge in [-0.3, -0.25) is 10.1 Å². The van der Waals surface area contributed by atoms with Gasteiger partial charge in [0.15, 0.2) is 5.13 Å². The Bertz CT molecular complexity index is 1050. The monoisotopic (exact) mass is 417 g/mol. The highest BCUT2D eigenvalue weighted by Crippen LogP contribution is 2.31. The summed E-state index contributed by atoms with van der Waals surface area (Å²) in [4.78, 5) is 22.5. The van der Waals surface area contributed by atoms with Crippen LogP contribution in [-0.4, -0.2) is 15.9 Å². The van der Waals surface area contributed by atoms with Crippen LogP contribution < -0.4 is 5.32 Å². The van der Waals surface area contributed by atoms with Crippen molar-refractivity contribution in [3.8, 4) is 21.8 Å². The number of thiophene rings is 1. The summed E-state index contributed by atoms with van der Waals surface area (Å²) >= 11 is 10.4. The Morgan fingerprint density at radius 3 is 2.62 bits per heavy atom. The van der Waals surface area contributed by atoms with Gasteiger partial charge in [0.2, 0.25) is 0 Å². The Balaban J connectivity index is 1.53. The molecule has 3 aromatic heterocycles. The van der Waals surface area contributed by atoms with Gasteiger partial charge >= 0.3 is 0 Å². The Morgan fingerprint density at radius 2 is 1.88 bits per heavy atom. The highest BCUT2D eigenvalue weighted by atomic mass is 35.5. The van der Waals surface area contributed by atoms with Crippen molar-refractivity contribution in [1.29, 1.82) is 0 Å². The Labute approximate surface area is 167 Å². The third-order valence-electron chi connectivity index (χ3n) is 3.64. The molecule has 1 N–H and O–H groups in total. The minimum Gasteiger partial charge on any atom is -0.296 e. The van der Waals surface area contributed by atoms with E-state index in [9.17, 15) is 4.79 Å². The molecule has 0 unspecified atom stereocenters. The lowest BCUT2D eigenvalue weighted by molar-refractivity contribution is 0.102. The molecule has 130 valence electrons. The number of aryl methyl sites for hydroxylation is 1. The molecule has 0 aliphatic rings. The van der Waals surface area contributed by atoms with E-state index in [2.05, 4.69) is 15.3 Å².